The molecule has 1 heterocycles. The molecule has 0 bridgehead atoms. The van der Waals surface area contributed by atoms with Crippen LogP contribution in [0.4, 0.5) is 13.2 Å². The van der Waals surface area contributed by atoms with Crippen LogP contribution in [0.5, 0.6) is 0 Å². The molecule has 0 saturated carbocycles. The van der Waals surface area contributed by atoms with E-state index in [1.54, 1.807) is 6.07 Å². The lowest BCUT2D eigenvalue weighted by atomic mass is 10.2. The molecule has 0 unspecified atom stereocenters. The summed E-state index contributed by atoms with van der Waals surface area (Å²) in [6.07, 6.45) is -1.46. The fourth-order valence-corrected chi connectivity index (χ4v) is 1.56. The van der Waals surface area contributed by atoms with Gasteiger partial charge in [-0.05, 0) is 11.6 Å². The van der Waals surface area contributed by atoms with Crippen LogP contribution in [0.2, 0.25) is 5.02 Å². The van der Waals surface area contributed by atoms with Crippen LogP contribution in [0.3, 0.4) is 0 Å². The lowest BCUT2D eigenvalue weighted by molar-refractivity contribution is -0.147. The quantitative estimate of drug-likeness (QED) is 0.888. The van der Waals surface area contributed by atoms with Crippen molar-refractivity contribution in [3.05, 3.63) is 29.0 Å². The minimum Gasteiger partial charge on any atom is -0.395 e. The van der Waals surface area contributed by atoms with Crippen LogP contribution in [-0.2, 0) is 6.54 Å². The van der Waals surface area contributed by atoms with Crippen LogP contribution in [0, 0.1) is 0 Å². The number of aliphatic hydroxyl groups is 1. The van der Waals surface area contributed by atoms with Gasteiger partial charge < -0.3 is 5.11 Å². The maximum Gasteiger partial charge on any atom is 0.401 e. The third kappa shape index (κ3) is 5.34. The minimum atomic E-state index is -4.30. The molecule has 0 spiro atoms. The Bertz CT molecular complexity index is 360. The Kier molecular flexibility index (Phi) is 5.17. The first-order valence-electron chi connectivity index (χ1n) is 4.91. The van der Waals surface area contributed by atoms with Crippen LogP contribution in [-0.4, -0.2) is 40.9 Å². The zero-order valence-electron chi connectivity index (χ0n) is 8.91. The van der Waals surface area contributed by atoms with E-state index in [0.717, 1.165) is 4.90 Å². The van der Waals surface area contributed by atoms with E-state index in [2.05, 4.69) is 4.98 Å². The normalized spacial score (nSPS) is 12.1. The lowest BCUT2D eigenvalue weighted by Gasteiger charge is -2.23. The fourth-order valence-electron chi connectivity index (χ4n) is 1.38. The van der Waals surface area contributed by atoms with E-state index < -0.39 is 12.7 Å². The minimum absolute atomic E-state index is 0.0292. The number of pyridine rings is 1. The second kappa shape index (κ2) is 6.18. The van der Waals surface area contributed by atoms with Gasteiger partial charge in [0.1, 0.15) is 0 Å². The first-order chi connectivity index (χ1) is 7.92. The number of halogens is 4. The van der Waals surface area contributed by atoms with Crippen LogP contribution < -0.4 is 0 Å². The summed E-state index contributed by atoms with van der Waals surface area (Å²) in [5, 5.41) is 9.04. The number of aliphatic hydroxyl groups excluding tert-OH is 1. The van der Waals surface area contributed by atoms with E-state index in [0.29, 0.717) is 10.6 Å². The standard InChI is InChI=1S/C10H12ClF3N2O/c11-9-5-15-2-1-8(9)6-16(3-4-17)7-10(12,13)14/h1-2,5,17H,3-4,6-7H2. The van der Waals surface area contributed by atoms with Gasteiger partial charge in [-0.2, -0.15) is 13.2 Å². The molecule has 0 fully saturated rings. The van der Waals surface area contributed by atoms with Gasteiger partial charge in [0.25, 0.3) is 0 Å². The molecule has 0 amide bonds. The van der Waals surface area contributed by atoms with Crippen LogP contribution >= 0.6 is 11.6 Å². The maximum absolute atomic E-state index is 12.3. The van der Waals surface area contributed by atoms with E-state index in [1.807, 2.05) is 0 Å². The highest BCUT2D eigenvalue weighted by molar-refractivity contribution is 6.31. The summed E-state index contributed by atoms with van der Waals surface area (Å²) in [5.41, 5.74) is 0.555. The Morgan fingerprint density at radius 3 is 2.65 bits per heavy atom. The fraction of sp³-hybridized carbons (Fsp3) is 0.500. The topological polar surface area (TPSA) is 36.4 Å². The molecule has 17 heavy (non-hydrogen) atoms. The van der Waals surface area contributed by atoms with Crippen molar-refractivity contribution in [2.24, 2.45) is 0 Å². The highest BCUT2D eigenvalue weighted by atomic mass is 35.5. The summed E-state index contributed by atoms with van der Waals surface area (Å²) >= 11 is 5.81. The summed E-state index contributed by atoms with van der Waals surface area (Å²) < 4.78 is 36.8. The van der Waals surface area contributed by atoms with Crippen molar-refractivity contribution in [1.82, 2.24) is 9.88 Å². The molecule has 0 aliphatic rings. The summed E-state index contributed by atoms with van der Waals surface area (Å²) in [5.74, 6) is 0. The molecule has 0 radical (unpaired) electrons. The third-order valence-electron chi connectivity index (χ3n) is 2.07. The molecule has 7 heteroatoms. The van der Waals surface area contributed by atoms with Crippen molar-refractivity contribution in [2.75, 3.05) is 19.7 Å². The van der Waals surface area contributed by atoms with Crippen molar-refractivity contribution >= 4 is 11.6 Å². The van der Waals surface area contributed by atoms with Gasteiger partial charge in [0.05, 0.1) is 18.2 Å². The number of rotatable bonds is 5. The number of alkyl halides is 3. The predicted molar refractivity (Wildman–Crippen MR) is 57.7 cm³/mol. The zero-order valence-corrected chi connectivity index (χ0v) is 9.67. The molecule has 96 valence electrons. The third-order valence-corrected chi connectivity index (χ3v) is 2.41. The maximum atomic E-state index is 12.3. The Balaban J connectivity index is 2.70. The second-order valence-corrected chi connectivity index (χ2v) is 3.92. The van der Waals surface area contributed by atoms with Crippen molar-refractivity contribution in [1.29, 1.82) is 0 Å². The smallest absolute Gasteiger partial charge is 0.395 e. The van der Waals surface area contributed by atoms with Gasteiger partial charge in [-0.1, -0.05) is 11.6 Å². The molecule has 0 atom stereocenters. The molecule has 1 rings (SSSR count). The predicted octanol–water partition coefficient (Wildman–Crippen LogP) is 2.09. The van der Waals surface area contributed by atoms with Crippen LogP contribution in [0.1, 0.15) is 5.56 Å². The van der Waals surface area contributed by atoms with Gasteiger partial charge >= 0.3 is 6.18 Å². The molecular formula is C10H12ClF3N2O. The monoisotopic (exact) mass is 268 g/mol. The summed E-state index contributed by atoms with van der Waals surface area (Å²) in [6.45, 7) is -1.44. The molecule has 1 aromatic rings. The Labute approximate surface area is 102 Å². The van der Waals surface area contributed by atoms with Gasteiger partial charge in [0, 0.05) is 25.5 Å². The largest absolute Gasteiger partial charge is 0.401 e. The van der Waals surface area contributed by atoms with Crippen molar-refractivity contribution < 1.29 is 18.3 Å². The Hall–Kier alpha value is -0.850. The Morgan fingerprint density at radius 1 is 1.41 bits per heavy atom. The van der Waals surface area contributed by atoms with Crippen LogP contribution in [0.15, 0.2) is 18.5 Å². The molecule has 3 nitrogen and oxygen atoms in total. The Morgan fingerprint density at radius 2 is 2.12 bits per heavy atom. The highest BCUT2D eigenvalue weighted by Gasteiger charge is 2.30. The highest BCUT2D eigenvalue weighted by Crippen LogP contribution is 2.20. The van der Waals surface area contributed by atoms with Crippen molar-refractivity contribution in [3.63, 3.8) is 0 Å². The number of nitrogens with zero attached hydrogens (tertiary/aromatic N) is 2. The van der Waals surface area contributed by atoms with Gasteiger partial charge in [0.15, 0.2) is 0 Å². The zero-order chi connectivity index (χ0) is 12.9. The van der Waals surface area contributed by atoms with Crippen molar-refractivity contribution in [2.45, 2.75) is 12.7 Å². The molecule has 1 aromatic heterocycles. The first kappa shape index (κ1) is 14.2. The van der Waals surface area contributed by atoms with E-state index in [4.69, 9.17) is 16.7 Å². The average molecular weight is 269 g/mol. The summed E-state index contributed by atoms with van der Waals surface area (Å²) in [6, 6.07) is 1.56. The number of hydrogen-bond donors (Lipinski definition) is 1. The SMILES string of the molecule is OCCN(Cc1ccncc1Cl)CC(F)(F)F. The summed E-state index contributed by atoms with van der Waals surface area (Å²) in [4.78, 5) is 4.84. The van der Waals surface area contributed by atoms with Gasteiger partial charge in [0.2, 0.25) is 0 Å². The second-order valence-electron chi connectivity index (χ2n) is 3.52. The van der Waals surface area contributed by atoms with Gasteiger partial charge in [-0.3, -0.25) is 9.88 Å². The first-order valence-corrected chi connectivity index (χ1v) is 5.28. The lowest BCUT2D eigenvalue weighted by Crippen LogP contribution is -2.35. The molecule has 0 saturated heterocycles. The number of hydrogen-bond acceptors (Lipinski definition) is 3. The number of aromatic nitrogens is 1. The van der Waals surface area contributed by atoms with E-state index in [-0.39, 0.29) is 19.7 Å². The molecular weight excluding hydrogens is 257 g/mol. The van der Waals surface area contributed by atoms with Gasteiger partial charge in [-0.15, -0.1) is 0 Å². The van der Waals surface area contributed by atoms with Gasteiger partial charge in [-0.25, -0.2) is 0 Å². The average Bonchev–Trinajstić information content (AvgIpc) is 2.19. The van der Waals surface area contributed by atoms with E-state index >= 15 is 0 Å². The molecule has 1 N–H and O–H groups in total. The molecule has 0 aliphatic heterocycles. The van der Waals surface area contributed by atoms with Crippen molar-refractivity contribution in [3.8, 4) is 0 Å². The van der Waals surface area contributed by atoms with Crippen LogP contribution in [0.25, 0.3) is 0 Å². The van der Waals surface area contributed by atoms with E-state index in [9.17, 15) is 13.2 Å². The summed E-state index contributed by atoms with van der Waals surface area (Å²) in [7, 11) is 0. The molecule has 0 aliphatic carbocycles. The van der Waals surface area contributed by atoms with E-state index in [1.165, 1.54) is 12.4 Å². The molecule has 0 aromatic carbocycles.